The Hall–Kier alpha value is -1.92. The summed E-state index contributed by atoms with van der Waals surface area (Å²) in [6.45, 7) is 11.7. The normalized spacial score (nSPS) is 18.1. The van der Waals surface area contributed by atoms with Gasteiger partial charge >= 0.3 is 6.02 Å². The second-order valence-corrected chi connectivity index (χ2v) is 3.13. The van der Waals surface area contributed by atoms with Crippen molar-refractivity contribution in [2.24, 2.45) is 9.98 Å². The first kappa shape index (κ1) is 14.1. The fourth-order valence-corrected chi connectivity index (χ4v) is 1.04. The highest BCUT2D eigenvalue weighted by atomic mass is 16.7. The summed E-state index contributed by atoms with van der Waals surface area (Å²) in [5, 5.41) is 1.32. The van der Waals surface area contributed by atoms with Gasteiger partial charge in [-0.05, 0) is 0 Å². The van der Waals surface area contributed by atoms with Gasteiger partial charge in [-0.15, -0.1) is 13.2 Å². The molecule has 0 aromatic rings. The average molecular weight is 251 g/mol. The van der Waals surface area contributed by atoms with Gasteiger partial charge in [-0.2, -0.15) is 10.1 Å². The van der Waals surface area contributed by atoms with E-state index < -0.39 is 6.35 Å². The van der Waals surface area contributed by atoms with Gasteiger partial charge in [0, 0.05) is 0 Å². The Kier molecular flexibility index (Phi) is 6.45. The third-order valence-electron chi connectivity index (χ3n) is 1.73. The van der Waals surface area contributed by atoms with Gasteiger partial charge in [-0.1, -0.05) is 24.8 Å². The van der Waals surface area contributed by atoms with Crippen LogP contribution in [0.2, 0.25) is 0 Å². The van der Waals surface area contributed by atoms with Crippen LogP contribution in [0.1, 0.15) is 0 Å². The van der Waals surface area contributed by atoms with E-state index in [4.69, 9.17) is 14.3 Å². The minimum atomic E-state index is -0.647. The summed E-state index contributed by atoms with van der Waals surface area (Å²) in [5.41, 5.74) is 0. The maximum absolute atomic E-state index is 5.35. The van der Waals surface area contributed by atoms with Crippen molar-refractivity contribution in [2.75, 3.05) is 19.8 Å². The van der Waals surface area contributed by atoms with Gasteiger partial charge in [-0.3, -0.25) is 4.84 Å². The molecule has 1 unspecified atom stereocenters. The summed E-state index contributed by atoms with van der Waals surface area (Å²) in [6.07, 6.45) is 5.64. The van der Waals surface area contributed by atoms with E-state index in [0.29, 0.717) is 19.8 Å². The highest BCUT2D eigenvalue weighted by molar-refractivity contribution is 5.86. The Morgan fingerprint density at radius 1 is 1.17 bits per heavy atom. The Balaban J connectivity index is 2.63. The van der Waals surface area contributed by atoms with Crippen LogP contribution in [-0.2, 0) is 14.3 Å². The number of amidine groups is 1. The van der Waals surface area contributed by atoms with Crippen molar-refractivity contribution in [1.82, 2.24) is 5.06 Å². The molecule has 0 fully saturated rings. The predicted molar refractivity (Wildman–Crippen MR) is 70.0 cm³/mol. The highest BCUT2D eigenvalue weighted by Gasteiger charge is 2.19. The summed E-state index contributed by atoms with van der Waals surface area (Å²) >= 11 is 0. The average Bonchev–Trinajstić information content (AvgIpc) is 2.41. The lowest BCUT2D eigenvalue weighted by atomic mass is 10.7. The van der Waals surface area contributed by atoms with Crippen LogP contribution >= 0.6 is 0 Å². The minimum Gasteiger partial charge on any atom is -0.459 e. The van der Waals surface area contributed by atoms with Gasteiger partial charge in [0.15, 0.2) is 0 Å². The van der Waals surface area contributed by atoms with Crippen LogP contribution in [0.3, 0.4) is 0 Å². The molecule has 1 aliphatic rings. The first-order chi connectivity index (χ1) is 8.81. The second kappa shape index (κ2) is 8.21. The Morgan fingerprint density at radius 2 is 1.89 bits per heavy atom. The molecule has 18 heavy (non-hydrogen) atoms. The number of hydroxylamine groups is 2. The van der Waals surface area contributed by atoms with Gasteiger partial charge in [0.05, 0.1) is 13.2 Å². The van der Waals surface area contributed by atoms with Crippen LogP contribution in [0, 0.1) is 0 Å². The molecule has 1 aliphatic heterocycles. The molecule has 6 nitrogen and oxygen atoms in total. The predicted octanol–water partition coefficient (Wildman–Crippen LogP) is 1.49. The van der Waals surface area contributed by atoms with Crippen molar-refractivity contribution in [3.63, 3.8) is 0 Å². The zero-order valence-electron chi connectivity index (χ0n) is 10.2. The fraction of sp³-hybridized carbons (Fsp3) is 0.333. The second-order valence-electron chi connectivity index (χ2n) is 3.13. The molecular weight excluding hydrogens is 234 g/mol. The summed E-state index contributed by atoms with van der Waals surface area (Å²) in [5.74, 6) is 0. The topological polar surface area (TPSA) is 55.7 Å². The van der Waals surface area contributed by atoms with Gasteiger partial charge in [0.2, 0.25) is 0 Å². The SMILES string of the molecule is C=CCOC1=NC(OCC=C)N=CN1OCC=C. The maximum Gasteiger partial charge on any atom is 0.322 e. The largest absolute Gasteiger partial charge is 0.459 e. The lowest BCUT2D eigenvalue weighted by Crippen LogP contribution is -2.37. The molecule has 6 heteroatoms. The molecule has 1 heterocycles. The van der Waals surface area contributed by atoms with Crippen LogP contribution in [0.5, 0.6) is 0 Å². The van der Waals surface area contributed by atoms with Crippen molar-refractivity contribution >= 4 is 12.4 Å². The van der Waals surface area contributed by atoms with Crippen molar-refractivity contribution in [3.05, 3.63) is 38.0 Å². The zero-order valence-corrected chi connectivity index (χ0v) is 10.2. The summed E-state index contributed by atoms with van der Waals surface area (Å²) in [7, 11) is 0. The molecule has 0 aromatic heterocycles. The quantitative estimate of drug-likeness (QED) is 0.613. The number of rotatable bonds is 8. The van der Waals surface area contributed by atoms with Crippen molar-refractivity contribution in [2.45, 2.75) is 6.35 Å². The number of nitrogens with zero attached hydrogens (tertiary/aromatic N) is 3. The molecule has 98 valence electrons. The van der Waals surface area contributed by atoms with E-state index >= 15 is 0 Å². The Bertz CT molecular complexity index is 352. The van der Waals surface area contributed by atoms with Gasteiger partial charge in [0.25, 0.3) is 6.35 Å². The molecule has 0 amide bonds. The molecule has 0 N–H and O–H groups in total. The third-order valence-corrected chi connectivity index (χ3v) is 1.73. The molecule has 0 saturated carbocycles. The van der Waals surface area contributed by atoms with E-state index in [1.165, 1.54) is 11.4 Å². The first-order valence-corrected chi connectivity index (χ1v) is 5.42. The summed E-state index contributed by atoms with van der Waals surface area (Å²) < 4.78 is 10.6. The monoisotopic (exact) mass is 251 g/mol. The van der Waals surface area contributed by atoms with Crippen molar-refractivity contribution in [1.29, 1.82) is 0 Å². The van der Waals surface area contributed by atoms with Gasteiger partial charge < -0.3 is 9.47 Å². The molecule has 0 saturated heterocycles. The summed E-state index contributed by atoms with van der Waals surface area (Å²) in [6, 6.07) is 0.265. The van der Waals surface area contributed by atoms with E-state index in [9.17, 15) is 0 Å². The smallest absolute Gasteiger partial charge is 0.322 e. The van der Waals surface area contributed by atoms with Crippen LogP contribution in [0.4, 0.5) is 0 Å². The van der Waals surface area contributed by atoms with Gasteiger partial charge in [-0.25, -0.2) is 4.99 Å². The first-order valence-electron chi connectivity index (χ1n) is 5.42. The third kappa shape index (κ3) is 4.52. The maximum atomic E-state index is 5.35. The Morgan fingerprint density at radius 3 is 2.56 bits per heavy atom. The summed E-state index contributed by atoms with van der Waals surface area (Å²) in [4.78, 5) is 13.5. The van der Waals surface area contributed by atoms with E-state index in [2.05, 4.69) is 29.7 Å². The lowest BCUT2D eigenvalue weighted by molar-refractivity contribution is -0.0478. The zero-order chi connectivity index (χ0) is 13.2. The Labute approximate surface area is 107 Å². The number of ether oxygens (including phenoxy) is 2. The molecule has 0 spiro atoms. The molecule has 1 atom stereocenters. The number of hydrogen-bond donors (Lipinski definition) is 0. The minimum absolute atomic E-state index is 0.265. The van der Waals surface area contributed by atoms with Crippen LogP contribution in [-0.4, -0.2) is 43.6 Å². The van der Waals surface area contributed by atoms with E-state index in [-0.39, 0.29) is 6.02 Å². The highest BCUT2D eigenvalue weighted by Crippen LogP contribution is 2.07. The number of aliphatic imine (C=N–C) groups is 2. The van der Waals surface area contributed by atoms with Crippen LogP contribution in [0.15, 0.2) is 47.9 Å². The standard InChI is InChI=1S/C12H17N3O3/c1-4-7-16-11-13-10-15(18-9-6-3)12(14-11)17-8-5-2/h4-6,10-11H,1-3,7-9H2. The van der Waals surface area contributed by atoms with E-state index in [1.807, 2.05) is 0 Å². The molecule has 0 aliphatic carbocycles. The van der Waals surface area contributed by atoms with E-state index in [0.717, 1.165) is 0 Å². The fourth-order valence-electron chi connectivity index (χ4n) is 1.04. The molecule has 0 bridgehead atoms. The van der Waals surface area contributed by atoms with Crippen LogP contribution in [0.25, 0.3) is 0 Å². The van der Waals surface area contributed by atoms with E-state index in [1.54, 1.807) is 18.2 Å². The lowest BCUT2D eigenvalue weighted by Gasteiger charge is -2.24. The van der Waals surface area contributed by atoms with Crippen molar-refractivity contribution in [3.8, 4) is 0 Å². The molecule has 1 rings (SSSR count). The van der Waals surface area contributed by atoms with Crippen LogP contribution < -0.4 is 0 Å². The molecular formula is C12H17N3O3. The van der Waals surface area contributed by atoms with Gasteiger partial charge in [0.1, 0.15) is 12.9 Å². The number of hydrogen-bond acceptors (Lipinski definition) is 6. The molecule has 0 radical (unpaired) electrons. The van der Waals surface area contributed by atoms with Crippen molar-refractivity contribution < 1.29 is 14.3 Å². The molecule has 0 aromatic carbocycles.